The molecule has 0 spiro atoms. The van der Waals surface area contributed by atoms with Crippen LogP contribution in [0.2, 0.25) is 10.0 Å². The van der Waals surface area contributed by atoms with Crippen LogP contribution in [-0.2, 0) is 17.9 Å². The molecule has 240 valence electrons. The number of carboxylic acids is 2. The molecular formula is C37H28Cl2N4O5. The lowest BCUT2D eigenvalue weighted by atomic mass is 9.87. The maximum atomic E-state index is 14.8. The molecule has 0 bridgehead atoms. The highest BCUT2D eigenvalue weighted by Crippen LogP contribution is 2.46. The van der Waals surface area contributed by atoms with E-state index in [1.54, 1.807) is 36.4 Å². The van der Waals surface area contributed by atoms with Crippen molar-refractivity contribution in [3.05, 3.63) is 115 Å². The molecule has 4 heterocycles. The normalized spacial score (nSPS) is 16.8. The highest BCUT2D eigenvalue weighted by Gasteiger charge is 2.41. The van der Waals surface area contributed by atoms with Crippen LogP contribution >= 0.6 is 23.2 Å². The topological polar surface area (TPSA) is 147 Å². The van der Waals surface area contributed by atoms with Gasteiger partial charge in [0.15, 0.2) is 5.78 Å². The number of aryl methyl sites for hydroxylation is 2. The summed E-state index contributed by atoms with van der Waals surface area (Å²) in [6.07, 6.45) is 0. The number of ketones is 1. The number of aromatic nitrogens is 2. The third kappa shape index (κ3) is 4.50. The molecule has 4 aromatic carbocycles. The van der Waals surface area contributed by atoms with Gasteiger partial charge in [-0.15, -0.1) is 0 Å². The lowest BCUT2D eigenvalue weighted by molar-refractivity contribution is -0.123. The molecule has 2 aliphatic heterocycles. The summed E-state index contributed by atoms with van der Waals surface area (Å²) >= 11 is 13.5. The van der Waals surface area contributed by atoms with E-state index in [0.29, 0.717) is 23.1 Å². The number of carboxylic acid groups (broad SMARTS) is 2. The van der Waals surface area contributed by atoms with Gasteiger partial charge in [-0.25, -0.2) is 9.59 Å². The molecule has 2 aliphatic rings. The number of aromatic amines is 2. The fourth-order valence-electron chi connectivity index (χ4n) is 7.45. The van der Waals surface area contributed by atoms with Crippen LogP contribution in [0.1, 0.15) is 66.2 Å². The van der Waals surface area contributed by atoms with Crippen molar-refractivity contribution in [3.63, 3.8) is 0 Å². The Morgan fingerprint density at radius 1 is 0.646 bits per heavy atom. The minimum Gasteiger partial charge on any atom is -0.478 e. The molecule has 2 unspecified atom stereocenters. The minimum absolute atomic E-state index is 0.0941. The number of benzene rings is 4. The number of rotatable bonds is 6. The van der Waals surface area contributed by atoms with E-state index in [2.05, 4.69) is 20.6 Å². The number of halogens is 2. The van der Waals surface area contributed by atoms with Crippen LogP contribution in [-0.4, -0.2) is 37.9 Å². The predicted molar refractivity (Wildman–Crippen MR) is 185 cm³/mol. The number of H-pyrrole nitrogens is 2. The lowest BCUT2D eigenvalue weighted by Crippen LogP contribution is -2.32. The minimum atomic E-state index is -1.00. The second-order valence-corrected chi connectivity index (χ2v) is 13.2. The number of hydrogen-bond acceptors (Lipinski definition) is 5. The number of Topliss-reactive ketones (excluding diaryl/α,β-unsaturated/α-hetero) is 1. The van der Waals surface area contributed by atoms with E-state index in [-0.39, 0.29) is 16.9 Å². The van der Waals surface area contributed by atoms with Gasteiger partial charge in [0, 0.05) is 67.5 Å². The SMILES string of the molecule is Cc1c(-c2ccc(Cl)c3c2C(C(=O)C2NCc4c(Cl)ccc(-c5[nH]c6ccc(C(=O)O)cc6c5C)c42)NC3)[nH]c2ccc(C(=O)O)cc12. The molecule has 48 heavy (non-hydrogen) atoms. The van der Waals surface area contributed by atoms with Gasteiger partial charge in [-0.05, 0) is 95.8 Å². The van der Waals surface area contributed by atoms with E-state index in [1.807, 2.05) is 38.1 Å². The van der Waals surface area contributed by atoms with E-state index in [0.717, 1.165) is 77.7 Å². The Hall–Kier alpha value is -4.93. The summed E-state index contributed by atoms with van der Waals surface area (Å²) in [4.78, 5) is 45.0. The van der Waals surface area contributed by atoms with Crippen LogP contribution in [0, 0.1) is 13.8 Å². The summed E-state index contributed by atoms with van der Waals surface area (Å²) in [7, 11) is 0. The first-order valence-corrected chi connectivity index (χ1v) is 16.1. The Morgan fingerprint density at radius 3 is 1.46 bits per heavy atom. The summed E-state index contributed by atoms with van der Waals surface area (Å²) in [5.41, 5.74) is 10.2. The van der Waals surface area contributed by atoms with E-state index >= 15 is 0 Å². The van der Waals surface area contributed by atoms with Crippen molar-refractivity contribution in [1.82, 2.24) is 20.6 Å². The average Bonchev–Trinajstić information content (AvgIpc) is 3.86. The maximum Gasteiger partial charge on any atom is 0.335 e. The molecule has 0 aliphatic carbocycles. The average molecular weight is 680 g/mol. The Kier molecular flexibility index (Phi) is 7.01. The molecule has 9 nitrogen and oxygen atoms in total. The zero-order valence-electron chi connectivity index (χ0n) is 25.7. The van der Waals surface area contributed by atoms with Crippen LogP contribution in [0.25, 0.3) is 44.3 Å². The Balaban J connectivity index is 1.24. The summed E-state index contributed by atoms with van der Waals surface area (Å²) in [6.45, 7) is 4.67. The van der Waals surface area contributed by atoms with Crippen LogP contribution in [0.15, 0.2) is 60.7 Å². The van der Waals surface area contributed by atoms with Gasteiger partial charge in [0.1, 0.15) is 0 Å². The number of aromatic carboxylic acids is 2. The van der Waals surface area contributed by atoms with Crippen molar-refractivity contribution in [2.24, 2.45) is 0 Å². The molecule has 6 aromatic rings. The monoisotopic (exact) mass is 678 g/mol. The van der Waals surface area contributed by atoms with Crippen LogP contribution < -0.4 is 10.6 Å². The number of fused-ring (bicyclic) bond motifs is 4. The number of carbonyl (C=O) groups excluding carboxylic acids is 1. The number of carbonyl (C=O) groups is 3. The summed E-state index contributed by atoms with van der Waals surface area (Å²) in [5.74, 6) is -2.10. The summed E-state index contributed by atoms with van der Waals surface area (Å²) in [5, 5.41) is 28.7. The van der Waals surface area contributed by atoms with Crippen molar-refractivity contribution in [2.45, 2.75) is 39.0 Å². The van der Waals surface area contributed by atoms with E-state index in [9.17, 15) is 24.6 Å². The molecule has 6 N–H and O–H groups in total. The molecule has 2 atom stereocenters. The number of hydrogen-bond donors (Lipinski definition) is 6. The third-order valence-electron chi connectivity index (χ3n) is 9.86. The van der Waals surface area contributed by atoms with Gasteiger partial charge in [0.05, 0.1) is 23.2 Å². The molecule has 8 rings (SSSR count). The quantitative estimate of drug-likeness (QED) is 0.105. The standard InChI is InChI=1S/C37H28Cl2N4O5/c1-15-21-11-17(36(45)46)3-9-27(21)42-31(15)19-5-7-25(38)23-13-40-33(29(19)23)35(44)34-30-20(6-8-26(39)24(30)14-41-34)32-16(2)22-12-18(37(47)48)4-10-28(22)43-32/h3-12,33-34,40-43H,13-14H2,1-2H3,(H,45,46)(H,47,48). The number of nitrogens with one attached hydrogen (secondary N) is 4. The fourth-order valence-corrected chi connectivity index (χ4v) is 7.92. The van der Waals surface area contributed by atoms with Gasteiger partial charge in [0.25, 0.3) is 0 Å². The van der Waals surface area contributed by atoms with Gasteiger partial charge in [0.2, 0.25) is 0 Å². The first-order chi connectivity index (χ1) is 23.0. The van der Waals surface area contributed by atoms with Gasteiger partial charge in [-0.3, -0.25) is 15.4 Å². The van der Waals surface area contributed by atoms with Crippen LogP contribution in [0.4, 0.5) is 0 Å². The van der Waals surface area contributed by atoms with Crippen molar-refractivity contribution in [1.29, 1.82) is 0 Å². The van der Waals surface area contributed by atoms with Crippen molar-refractivity contribution in [2.75, 3.05) is 0 Å². The van der Waals surface area contributed by atoms with Gasteiger partial charge >= 0.3 is 11.9 Å². The second-order valence-electron chi connectivity index (χ2n) is 12.4. The highest BCUT2D eigenvalue weighted by atomic mass is 35.5. The lowest BCUT2D eigenvalue weighted by Gasteiger charge is -2.22. The maximum absolute atomic E-state index is 14.8. The Bertz CT molecular complexity index is 2240. The van der Waals surface area contributed by atoms with E-state index in [1.165, 1.54) is 0 Å². The summed E-state index contributed by atoms with van der Waals surface area (Å²) < 4.78 is 0. The van der Waals surface area contributed by atoms with E-state index in [4.69, 9.17) is 23.2 Å². The molecule has 2 aromatic heterocycles. The van der Waals surface area contributed by atoms with Crippen molar-refractivity contribution < 1.29 is 24.6 Å². The second kappa shape index (κ2) is 11.1. The van der Waals surface area contributed by atoms with E-state index < -0.39 is 24.0 Å². The zero-order valence-corrected chi connectivity index (χ0v) is 27.2. The first kappa shape index (κ1) is 30.4. The Morgan fingerprint density at radius 2 is 1.06 bits per heavy atom. The Labute approximate surface area is 283 Å². The molecule has 0 saturated heterocycles. The first-order valence-electron chi connectivity index (χ1n) is 15.4. The largest absolute Gasteiger partial charge is 0.478 e. The third-order valence-corrected chi connectivity index (χ3v) is 10.6. The van der Waals surface area contributed by atoms with Gasteiger partial charge in [-0.2, -0.15) is 0 Å². The van der Waals surface area contributed by atoms with Crippen LogP contribution in [0.5, 0.6) is 0 Å². The molecular weight excluding hydrogens is 651 g/mol. The molecule has 0 amide bonds. The zero-order chi connectivity index (χ0) is 33.6. The van der Waals surface area contributed by atoms with Crippen molar-refractivity contribution in [3.8, 4) is 22.5 Å². The van der Waals surface area contributed by atoms with Crippen LogP contribution in [0.3, 0.4) is 0 Å². The molecule has 0 saturated carbocycles. The van der Waals surface area contributed by atoms with Crippen molar-refractivity contribution >= 4 is 62.7 Å². The molecule has 11 heteroatoms. The van der Waals surface area contributed by atoms with Gasteiger partial charge < -0.3 is 20.2 Å². The molecule has 0 radical (unpaired) electrons. The predicted octanol–water partition coefficient (Wildman–Crippen LogP) is 7.86. The summed E-state index contributed by atoms with van der Waals surface area (Å²) in [6, 6.07) is 16.0. The molecule has 0 fully saturated rings. The van der Waals surface area contributed by atoms with Gasteiger partial charge in [-0.1, -0.05) is 35.3 Å². The highest BCUT2D eigenvalue weighted by molar-refractivity contribution is 6.32. The fraction of sp³-hybridized carbons (Fsp3) is 0.162. The smallest absolute Gasteiger partial charge is 0.335 e.